The van der Waals surface area contributed by atoms with Crippen molar-refractivity contribution in [2.24, 2.45) is 18.4 Å². The van der Waals surface area contributed by atoms with Gasteiger partial charge in [-0.05, 0) is 49.1 Å². The van der Waals surface area contributed by atoms with Gasteiger partial charge in [-0.2, -0.15) is 5.10 Å². The molecule has 19 heavy (non-hydrogen) atoms. The van der Waals surface area contributed by atoms with Crippen LogP contribution in [0.4, 0.5) is 0 Å². The van der Waals surface area contributed by atoms with E-state index >= 15 is 0 Å². The third-order valence-corrected chi connectivity index (χ3v) is 4.79. The van der Waals surface area contributed by atoms with Crippen LogP contribution in [0.5, 0.6) is 0 Å². The molecule has 0 aromatic carbocycles. The topological polar surface area (TPSA) is 29.9 Å². The summed E-state index contributed by atoms with van der Waals surface area (Å²) in [5.74, 6) is 0.823. The zero-order chi connectivity index (χ0) is 13.9. The third-order valence-electron chi connectivity index (χ3n) is 4.79. The summed E-state index contributed by atoms with van der Waals surface area (Å²) in [6.07, 6.45) is 10.7. The normalized spacial score (nSPS) is 23.7. The number of rotatable bonds is 6. The monoisotopic (exact) mass is 263 g/mol. The van der Waals surface area contributed by atoms with Gasteiger partial charge in [-0.25, -0.2) is 0 Å². The number of aryl methyl sites for hydroxylation is 2. The van der Waals surface area contributed by atoms with E-state index in [0.717, 1.165) is 18.9 Å². The molecular formula is C16H29N3. The van der Waals surface area contributed by atoms with Crippen LogP contribution < -0.4 is 5.32 Å². The van der Waals surface area contributed by atoms with E-state index in [1.165, 1.54) is 31.2 Å². The van der Waals surface area contributed by atoms with Crippen molar-refractivity contribution in [1.82, 2.24) is 15.1 Å². The molecular weight excluding hydrogens is 234 g/mol. The molecule has 1 aromatic heterocycles. The highest BCUT2D eigenvalue weighted by Crippen LogP contribution is 2.45. The lowest BCUT2D eigenvalue weighted by atomic mass is 9.76. The third kappa shape index (κ3) is 3.59. The van der Waals surface area contributed by atoms with E-state index in [1.54, 1.807) is 0 Å². The largest absolute Gasteiger partial charge is 0.314 e. The minimum atomic E-state index is 0.502. The summed E-state index contributed by atoms with van der Waals surface area (Å²) >= 11 is 0. The Hall–Kier alpha value is -0.830. The maximum atomic E-state index is 4.26. The van der Waals surface area contributed by atoms with Gasteiger partial charge in [0.25, 0.3) is 0 Å². The van der Waals surface area contributed by atoms with Gasteiger partial charge < -0.3 is 5.32 Å². The first kappa shape index (κ1) is 14.6. The van der Waals surface area contributed by atoms with Crippen LogP contribution in [0.25, 0.3) is 0 Å². The van der Waals surface area contributed by atoms with Crippen LogP contribution >= 0.6 is 0 Å². The standard InChI is InChI=1S/C16H29N3/c1-5-17-15(14-7-6-10-16(14,2)3)9-8-13-11-18-19(4)12-13/h11-12,14-15,17H,5-10H2,1-4H3. The van der Waals surface area contributed by atoms with Crippen LogP contribution in [0.15, 0.2) is 12.4 Å². The van der Waals surface area contributed by atoms with Crippen LogP contribution in [0, 0.1) is 11.3 Å². The molecule has 1 N–H and O–H groups in total. The lowest BCUT2D eigenvalue weighted by Crippen LogP contribution is -2.41. The second-order valence-electron chi connectivity index (χ2n) is 6.71. The Morgan fingerprint density at radius 3 is 2.84 bits per heavy atom. The first-order chi connectivity index (χ1) is 9.03. The summed E-state index contributed by atoms with van der Waals surface area (Å²) in [5, 5.41) is 7.99. The fourth-order valence-electron chi connectivity index (χ4n) is 3.73. The van der Waals surface area contributed by atoms with Crippen LogP contribution in [0.3, 0.4) is 0 Å². The minimum Gasteiger partial charge on any atom is -0.314 e. The van der Waals surface area contributed by atoms with E-state index in [2.05, 4.69) is 37.4 Å². The average Bonchev–Trinajstić information content (AvgIpc) is 2.90. The van der Waals surface area contributed by atoms with Gasteiger partial charge in [0.05, 0.1) is 6.20 Å². The average molecular weight is 263 g/mol. The Morgan fingerprint density at radius 2 is 2.32 bits per heavy atom. The van der Waals surface area contributed by atoms with Crippen LogP contribution in [-0.4, -0.2) is 22.4 Å². The van der Waals surface area contributed by atoms with Gasteiger partial charge in [0.1, 0.15) is 0 Å². The molecule has 108 valence electrons. The quantitative estimate of drug-likeness (QED) is 0.854. The zero-order valence-corrected chi connectivity index (χ0v) is 12.9. The van der Waals surface area contributed by atoms with Gasteiger partial charge in [0, 0.05) is 19.3 Å². The molecule has 2 atom stereocenters. The molecule has 1 fully saturated rings. The van der Waals surface area contributed by atoms with Gasteiger partial charge in [-0.15, -0.1) is 0 Å². The highest BCUT2D eigenvalue weighted by Gasteiger charge is 2.38. The van der Waals surface area contributed by atoms with Crippen molar-refractivity contribution < 1.29 is 0 Å². The molecule has 2 rings (SSSR count). The van der Waals surface area contributed by atoms with Gasteiger partial charge in [-0.1, -0.05) is 27.2 Å². The number of hydrogen-bond donors (Lipinski definition) is 1. The van der Waals surface area contributed by atoms with E-state index in [1.807, 2.05) is 17.9 Å². The number of aromatic nitrogens is 2. The molecule has 1 heterocycles. The van der Waals surface area contributed by atoms with Gasteiger partial charge in [0.2, 0.25) is 0 Å². The summed E-state index contributed by atoms with van der Waals surface area (Å²) < 4.78 is 1.90. The molecule has 0 bridgehead atoms. The Balaban J connectivity index is 1.96. The maximum Gasteiger partial charge on any atom is 0.0521 e. The fraction of sp³-hybridized carbons (Fsp3) is 0.812. The van der Waals surface area contributed by atoms with Crippen molar-refractivity contribution >= 4 is 0 Å². The molecule has 1 aliphatic carbocycles. The summed E-state index contributed by atoms with van der Waals surface area (Å²) in [6.45, 7) is 8.18. The van der Waals surface area contributed by atoms with Crippen molar-refractivity contribution in [3.63, 3.8) is 0 Å². The van der Waals surface area contributed by atoms with Crippen molar-refractivity contribution in [3.8, 4) is 0 Å². The Labute approximate surface area is 117 Å². The number of nitrogens with zero attached hydrogens (tertiary/aromatic N) is 2. The molecule has 1 aromatic rings. The SMILES string of the molecule is CCNC(CCc1cnn(C)c1)C1CCCC1(C)C. The molecule has 0 radical (unpaired) electrons. The molecule has 0 amide bonds. The van der Waals surface area contributed by atoms with Crippen LogP contribution in [-0.2, 0) is 13.5 Å². The smallest absolute Gasteiger partial charge is 0.0521 e. The highest BCUT2D eigenvalue weighted by atomic mass is 15.2. The van der Waals surface area contributed by atoms with Crippen molar-refractivity contribution in [2.45, 2.75) is 58.9 Å². The molecule has 3 heteroatoms. The predicted octanol–water partition coefficient (Wildman–Crippen LogP) is 3.16. The summed E-state index contributed by atoms with van der Waals surface area (Å²) in [4.78, 5) is 0. The Morgan fingerprint density at radius 1 is 1.53 bits per heavy atom. The fourth-order valence-corrected chi connectivity index (χ4v) is 3.73. The molecule has 0 saturated heterocycles. The van der Waals surface area contributed by atoms with Crippen LogP contribution in [0.2, 0.25) is 0 Å². The maximum absolute atomic E-state index is 4.26. The van der Waals surface area contributed by atoms with E-state index in [0.29, 0.717) is 11.5 Å². The van der Waals surface area contributed by atoms with Crippen molar-refractivity contribution in [1.29, 1.82) is 0 Å². The molecule has 1 saturated carbocycles. The Bertz CT molecular complexity index is 394. The first-order valence-electron chi connectivity index (χ1n) is 7.74. The van der Waals surface area contributed by atoms with E-state index < -0.39 is 0 Å². The Kier molecular flexibility index (Phi) is 4.67. The number of hydrogen-bond acceptors (Lipinski definition) is 2. The molecule has 2 unspecified atom stereocenters. The highest BCUT2D eigenvalue weighted by molar-refractivity contribution is 5.05. The lowest BCUT2D eigenvalue weighted by Gasteiger charge is -2.34. The summed E-state index contributed by atoms with van der Waals surface area (Å²) in [5.41, 5.74) is 1.86. The van der Waals surface area contributed by atoms with Gasteiger partial charge >= 0.3 is 0 Å². The second-order valence-corrected chi connectivity index (χ2v) is 6.71. The first-order valence-corrected chi connectivity index (χ1v) is 7.74. The number of nitrogens with one attached hydrogen (secondary N) is 1. The van der Waals surface area contributed by atoms with E-state index in [4.69, 9.17) is 0 Å². The van der Waals surface area contributed by atoms with Crippen molar-refractivity contribution in [3.05, 3.63) is 18.0 Å². The summed E-state index contributed by atoms with van der Waals surface area (Å²) in [7, 11) is 1.99. The van der Waals surface area contributed by atoms with Gasteiger partial charge in [0.15, 0.2) is 0 Å². The summed E-state index contributed by atoms with van der Waals surface area (Å²) in [6, 6.07) is 0.655. The van der Waals surface area contributed by atoms with E-state index in [9.17, 15) is 0 Å². The molecule has 0 aliphatic heterocycles. The minimum absolute atomic E-state index is 0.502. The molecule has 3 nitrogen and oxygen atoms in total. The molecule has 0 spiro atoms. The zero-order valence-electron chi connectivity index (χ0n) is 12.9. The predicted molar refractivity (Wildman–Crippen MR) is 80.1 cm³/mol. The second kappa shape index (κ2) is 6.08. The molecule has 1 aliphatic rings. The lowest BCUT2D eigenvalue weighted by molar-refractivity contribution is 0.191. The van der Waals surface area contributed by atoms with Crippen LogP contribution in [0.1, 0.15) is 52.0 Å². The van der Waals surface area contributed by atoms with Crippen molar-refractivity contribution in [2.75, 3.05) is 6.54 Å². The van der Waals surface area contributed by atoms with E-state index in [-0.39, 0.29) is 0 Å². The van der Waals surface area contributed by atoms with Gasteiger partial charge in [-0.3, -0.25) is 4.68 Å².